The molecule has 70 heavy (non-hydrogen) atoms. The number of amides is 1. The average Bonchev–Trinajstić information content (AvgIpc) is 3.33. The Balaban J connectivity index is 1.21. The summed E-state index contributed by atoms with van der Waals surface area (Å²) < 4.78 is 61.6. The van der Waals surface area contributed by atoms with Crippen molar-refractivity contribution >= 4 is 5.91 Å². The van der Waals surface area contributed by atoms with Crippen molar-refractivity contribution < 1.29 is 154 Å². The van der Waals surface area contributed by atoms with Gasteiger partial charge in [-0.3, -0.25) is 4.79 Å². The third kappa shape index (κ3) is 12.2. The van der Waals surface area contributed by atoms with Gasteiger partial charge in [-0.15, -0.1) is 0 Å². The van der Waals surface area contributed by atoms with Crippen molar-refractivity contribution in [3.8, 4) is 0 Å². The maximum absolute atomic E-state index is 12.1. The summed E-state index contributed by atoms with van der Waals surface area (Å²) in [6.45, 7) is -4.36. The number of hydrogen-bond acceptors (Lipinski definition) is 31. The zero-order valence-corrected chi connectivity index (χ0v) is 37.0. The molecule has 20 N–H and O–H groups in total. The summed E-state index contributed by atoms with van der Waals surface area (Å²) in [4.78, 5) is 12.1. The maximum Gasteiger partial charge on any atom is 0.217 e. The molecule has 6 rings (SSSR count). The first-order valence-corrected chi connectivity index (χ1v) is 22.1. The summed E-state index contributed by atoms with van der Waals surface area (Å²) in [5.74, 6) is -0.767. The third-order valence-electron chi connectivity index (χ3n) is 12.8. The molecule has 408 valence electrons. The highest BCUT2D eigenvalue weighted by Crippen LogP contribution is 2.35. The van der Waals surface area contributed by atoms with Gasteiger partial charge in [0.05, 0.1) is 39.6 Å². The standard InChI is InChI=1S/C38H65NO31/c1-8(44)39-15-22(51)16(45)9(2-40)63-34(15)70-32-25(54)19(48)12(5-43)66-38(32)69-30-20(49)13(62-33(59)28(30)57)6-61-36-29(58)31(68-37-27(56)24(53)18(47)11(4-42)65-37)21(50)14(67-36)7-60-35-26(55)23(52)17(46)10(3-41)64-35/h9-38,40-43,45-59H,2-7H2,1H3,(H,39,44)/t9-,10-,11-,12-,13-,14-,15-,16-,17-,18-,19-,20-,21-,22-,23+,24+,25+,26+,27+,28+,29+,30+,31+,32+,33-,34+,35+,36+,37-,38-/m1/s1. The highest BCUT2D eigenvalue weighted by atomic mass is 16.8. The van der Waals surface area contributed by atoms with Gasteiger partial charge in [0.15, 0.2) is 37.7 Å². The van der Waals surface area contributed by atoms with Crippen molar-refractivity contribution in [1.82, 2.24) is 5.32 Å². The van der Waals surface area contributed by atoms with Gasteiger partial charge in [0.25, 0.3) is 0 Å². The molecule has 6 saturated heterocycles. The topological polar surface area (TPSA) is 515 Å². The first-order chi connectivity index (χ1) is 33.1. The largest absolute Gasteiger partial charge is 0.394 e. The van der Waals surface area contributed by atoms with Gasteiger partial charge in [0.2, 0.25) is 5.91 Å². The number of nitrogens with one attached hydrogen (secondary N) is 1. The molecule has 0 aromatic rings. The molecule has 30 atom stereocenters. The van der Waals surface area contributed by atoms with Gasteiger partial charge in [-0.2, -0.15) is 0 Å². The fourth-order valence-corrected chi connectivity index (χ4v) is 8.68. The smallest absolute Gasteiger partial charge is 0.217 e. The van der Waals surface area contributed by atoms with E-state index in [1.165, 1.54) is 0 Å². The zero-order valence-electron chi connectivity index (χ0n) is 37.0. The molecule has 0 radical (unpaired) electrons. The van der Waals surface area contributed by atoms with Crippen molar-refractivity contribution in [2.75, 3.05) is 39.6 Å². The number of carbonyl (C=O) groups excluding carboxylic acids is 1. The Morgan fingerprint density at radius 2 is 0.743 bits per heavy atom. The Kier molecular flexibility index (Phi) is 20.3. The molecule has 6 fully saturated rings. The van der Waals surface area contributed by atoms with Crippen LogP contribution in [-0.4, -0.2) is 327 Å². The monoisotopic (exact) mass is 1030 g/mol. The third-order valence-corrected chi connectivity index (χ3v) is 12.8. The molecule has 32 nitrogen and oxygen atoms in total. The van der Waals surface area contributed by atoms with E-state index >= 15 is 0 Å². The minimum Gasteiger partial charge on any atom is -0.394 e. The Morgan fingerprint density at radius 1 is 0.371 bits per heavy atom. The Labute approximate surface area is 395 Å². The predicted octanol–water partition coefficient (Wildman–Crippen LogP) is -14.0. The van der Waals surface area contributed by atoms with Crippen LogP contribution in [0, 0.1) is 0 Å². The molecule has 6 aliphatic heterocycles. The minimum atomic E-state index is -2.25. The number of aliphatic hydroxyl groups excluding tert-OH is 19. The molecular weight excluding hydrogens is 966 g/mol. The summed E-state index contributed by atoms with van der Waals surface area (Å²) >= 11 is 0. The number of hydrogen-bond donors (Lipinski definition) is 20. The van der Waals surface area contributed by atoms with Gasteiger partial charge >= 0.3 is 0 Å². The maximum atomic E-state index is 12.1. The van der Waals surface area contributed by atoms with Gasteiger partial charge in [-0.1, -0.05) is 0 Å². The minimum absolute atomic E-state index is 0.767. The molecule has 6 heterocycles. The second-order valence-corrected chi connectivity index (χ2v) is 17.6. The van der Waals surface area contributed by atoms with Gasteiger partial charge in [-0.05, 0) is 0 Å². The van der Waals surface area contributed by atoms with Crippen LogP contribution in [0.5, 0.6) is 0 Å². The Bertz CT molecular complexity index is 1630. The number of aliphatic hydroxyl groups is 19. The Hall–Kier alpha value is -1.73. The molecule has 0 saturated carbocycles. The normalized spacial score (nSPS) is 51.5. The zero-order chi connectivity index (χ0) is 51.6. The predicted molar refractivity (Wildman–Crippen MR) is 211 cm³/mol. The summed E-state index contributed by atoms with van der Waals surface area (Å²) in [5, 5.41) is 203. The molecule has 0 aromatic heterocycles. The second-order valence-electron chi connectivity index (χ2n) is 17.6. The fraction of sp³-hybridized carbons (Fsp3) is 0.974. The van der Waals surface area contributed by atoms with Crippen molar-refractivity contribution in [2.24, 2.45) is 0 Å². The lowest BCUT2D eigenvalue weighted by molar-refractivity contribution is -0.385. The second kappa shape index (κ2) is 24.7. The van der Waals surface area contributed by atoms with Crippen LogP contribution in [0.3, 0.4) is 0 Å². The first kappa shape index (κ1) is 57.5. The van der Waals surface area contributed by atoms with Crippen LogP contribution in [-0.2, 0) is 56.9 Å². The summed E-state index contributed by atoms with van der Waals surface area (Å²) in [5.41, 5.74) is 0. The number of carbonyl (C=O) groups is 1. The molecular formula is C38H65NO31. The van der Waals surface area contributed by atoms with Crippen LogP contribution in [0.15, 0.2) is 0 Å². The SMILES string of the molecule is CC(=O)N[C@H]1[C@H](O[C@@H]2[C@@H](O[C@@H]3[C@H](O)[C@H](O)O[C@H](CO[C@H]4O[C@H](CO[C@H]5O[C@H](CO)[C@@H](O)[C@H](O)[C@@H]5O)[C@@H](O)[C@H](O[C@H]5O[C@H](CO)[C@@H](O)[C@H](O)[C@@H]5O)[C@@H]4O)[C@H]3O)O[C@H](CO)[C@@H](O)[C@@H]2O)O[C@H](CO)[C@@H](O)[C@@H]1O. The van der Waals surface area contributed by atoms with Gasteiger partial charge in [-0.25, -0.2) is 0 Å². The number of rotatable bonds is 17. The molecule has 32 heteroatoms. The molecule has 6 aliphatic rings. The van der Waals surface area contributed by atoms with Crippen LogP contribution in [0.1, 0.15) is 6.92 Å². The van der Waals surface area contributed by atoms with E-state index in [4.69, 9.17) is 52.1 Å². The van der Waals surface area contributed by atoms with Crippen molar-refractivity contribution in [1.29, 1.82) is 0 Å². The summed E-state index contributed by atoms with van der Waals surface area (Å²) in [7, 11) is 0. The molecule has 0 spiro atoms. The van der Waals surface area contributed by atoms with E-state index in [0.29, 0.717) is 0 Å². The van der Waals surface area contributed by atoms with Gasteiger partial charge in [0, 0.05) is 6.92 Å². The van der Waals surface area contributed by atoms with Crippen LogP contribution in [0.2, 0.25) is 0 Å². The molecule has 1 amide bonds. The fourth-order valence-electron chi connectivity index (χ4n) is 8.68. The highest BCUT2D eigenvalue weighted by molar-refractivity contribution is 5.73. The van der Waals surface area contributed by atoms with E-state index < -0.39 is 230 Å². The van der Waals surface area contributed by atoms with E-state index in [-0.39, 0.29) is 0 Å². The molecule has 0 aromatic carbocycles. The van der Waals surface area contributed by atoms with Crippen molar-refractivity contribution in [3.63, 3.8) is 0 Å². The van der Waals surface area contributed by atoms with E-state index in [9.17, 15) is 102 Å². The Morgan fingerprint density at radius 3 is 1.26 bits per heavy atom. The first-order valence-electron chi connectivity index (χ1n) is 22.1. The molecule has 0 unspecified atom stereocenters. The van der Waals surface area contributed by atoms with E-state index in [2.05, 4.69) is 5.32 Å². The lowest BCUT2D eigenvalue weighted by Crippen LogP contribution is -2.68. The van der Waals surface area contributed by atoms with Gasteiger partial charge < -0.3 is 154 Å². The quantitative estimate of drug-likeness (QED) is 0.0643. The van der Waals surface area contributed by atoms with Gasteiger partial charge in [0.1, 0.15) is 146 Å². The van der Waals surface area contributed by atoms with Crippen LogP contribution in [0.25, 0.3) is 0 Å². The van der Waals surface area contributed by atoms with E-state index in [1.54, 1.807) is 0 Å². The molecule has 0 bridgehead atoms. The van der Waals surface area contributed by atoms with Crippen molar-refractivity contribution in [3.05, 3.63) is 0 Å². The lowest BCUT2D eigenvalue weighted by Gasteiger charge is -2.49. The van der Waals surface area contributed by atoms with Crippen molar-refractivity contribution in [2.45, 2.75) is 191 Å². The van der Waals surface area contributed by atoms with Crippen LogP contribution >= 0.6 is 0 Å². The molecule has 0 aliphatic carbocycles. The van der Waals surface area contributed by atoms with Crippen LogP contribution < -0.4 is 5.32 Å². The summed E-state index contributed by atoms with van der Waals surface area (Å²) in [6, 6.07) is -1.61. The highest BCUT2D eigenvalue weighted by Gasteiger charge is 2.56. The average molecular weight is 1030 g/mol. The van der Waals surface area contributed by atoms with E-state index in [1.807, 2.05) is 0 Å². The lowest BCUT2D eigenvalue weighted by atomic mass is 9.95. The number of ether oxygens (including phenoxy) is 11. The van der Waals surface area contributed by atoms with E-state index in [0.717, 1.165) is 6.92 Å². The van der Waals surface area contributed by atoms with Crippen LogP contribution in [0.4, 0.5) is 0 Å². The summed E-state index contributed by atoms with van der Waals surface area (Å²) in [6.07, 6.45) is -55.4.